The Hall–Kier alpha value is -2.42. The van der Waals surface area contributed by atoms with Gasteiger partial charge in [0.2, 0.25) is 5.91 Å². The van der Waals surface area contributed by atoms with Crippen molar-refractivity contribution >= 4 is 23.2 Å². The van der Waals surface area contributed by atoms with E-state index in [2.05, 4.69) is 10.3 Å². The zero-order valence-corrected chi connectivity index (χ0v) is 14.7. The second-order valence-corrected chi connectivity index (χ2v) is 6.70. The van der Waals surface area contributed by atoms with Gasteiger partial charge in [-0.1, -0.05) is 19.1 Å². The van der Waals surface area contributed by atoms with Gasteiger partial charge in [-0.05, 0) is 23.6 Å². The monoisotopic (exact) mass is 386 g/mol. The molecule has 9 heteroatoms. The molecule has 0 radical (unpaired) electrons. The zero-order chi connectivity index (χ0) is 19.3. The summed E-state index contributed by atoms with van der Waals surface area (Å²) in [4.78, 5) is 26.6. The van der Waals surface area contributed by atoms with Gasteiger partial charge in [0, 0.05) is 24.8 Å². The van der Waals surface area contributed by atoms with Crippen LogP contribution in [0, 0.1) is 0 Å². The van der Waals surface area contributed by atoms with Crippen molar-refractivity contribution in [3.05, 3.63) is 51.5 Å². The first-order valence-electron chi connectivity index (χ1n) is 7.78. The summed E-state index contributed by atoms with van der Waals surface area (Å²) in [6.07, 6.45) is -3.82. The fourth-order valence-corrected chi connectivity index (χ4v) is 3.07. The maximum Gasteiger partial charge on any atom is 0.416 e. The smallest absolute Gasteiger partial charge is 0.416 e. The Balaban J connectivity index is 1.80. The number of thiazole rings is 1. The fourth-order valence-electron chi connectivity index (χ4n) is 2.30. The second kappa shape index (κ2) is 8.31. The van der Waals surface area contributed by atoms with Gasteiger partial charge >= 0.3 is 12.1 Å². The Kier molecular flexibility index (Phi) is 6.36. The summed E-state index contributed by atoms with van der Waals surface area (Å²) in [6, 6.07) is 4.77. The van der Waals surface area contributed by atoms with Crippen LogP contribution in [0.4, 0.5) is 13.2 Å². The molecule has 1 aromatic heterocycles. The number of carboxylic acid groups (broad SMARTS) is 1. The van der Waals surface area contributed by atoms with Crippen molar-refractivity contribution in [1.82, 2.24) is 10.3 Å². The fraction of sp³-hybridized carbons (Fsp3) is 0.353. The maximum atomic E-state index is 12.6. The number of carbonyl (C=O) groups excluding carboxylic acids is 1. The lowest BCUT2D eigenvalue weighted by Gasteiger charge is -2.13. The van der Waals surface area contributed by atoms with Crippen molar-refractivity contribution in [2.75, 3.05) is 6.54 Å². The molecule has 2 rings (SSSR count). The number of benzene rings is 1. The van der Waals surface area contributed by atoms with Gasteiger partial charge in [-0.25, -0.2) is 9.78 Å². The Morgan fingerprint density at radius 3 is 2.46 bits per heavy atom. The molecule has 0 aliphatic carbocycles. The highest BCUT2D eigenvalue weighted by Gasteiger charge is 2.30. The molecule has 2 N–H and O–H groups in total. The van der Waals surface area contributed by atoms with Gasteiger partial charge in [0.25, 0.3) is 0 Å². The van der Waals surface area contributed by atoms with E-state index in [-0.39, 0.29) is 23.9 Å². The highest BCUT2D eigenvalue weighted by molar-refractivity contribution is 7.09. The third-order valence-corrected chi connectivity index (χ3v) is 4.64. The number of aromatic nitrogens is 1. The Morgan fingerprint density at radius 1 is 1.27 bits per heavy atom. The quantitative estimate of drug-likeness (QED) is 0.760. The first-order valence-corrected chi connectivity index (χ1v) is 8.66. The molecule has 0 spiro atoms. The summed E-state index contributed by atoms with van der Waals surface area (Å²) in [5, 5.41) is 13.5. The normalized spacial score (nSPS) is 12.6. The van der Waals surface area contributed by atoms with Crippen LogP contribution in [-0.2, 0) is 17.4 Å². The predicted molar refractivity (Wildman–Crippen MR) is 90.3 cm³/mol. The van der Waals surface area contributed by atoms with Crippen molar-refractivity contribution in [2.24, 2.45) is 0 Å². The van der Waals surface area contributed by atoms with E-state index in [1.165, 1.54) is 28.8 Å². The summed E-state index contributed by atoms with van der Waals surface area (Å²) in [5.41, 5.74) is -0.0893. The van der Waals surface area contributed by atoms with Gasteiger partial charge in [0.1, 0.15) is 0 Å². The molecular formula is C17H17F3N2O3S. The molecule has 0 saturated carbocycles. The van der Waals surface area contributed by atoms with Crippen LogP contribution in [0.1, 0.15) is 45.9 Å². The van der Waals surface area contributed by atoms with E-state index < -0.39 is 17.7 Å². The van der Waals surface area contributed by atoms with Crippen LogP contribution in [0.2, 0.25) is 0 Å². The Labute approximate surface area is 151 Å². The van der Waals surface area contributed by atoms with Crippen LogP contribution in [0.25, 0.3) is 0 Å². The van der Waals surface area contributed by atoms with Gasteiger partial charge in [-0.3, -0.25) is 4.79 Å². The molecule has 0 fully saturated rings. The molecule has 0 aliphatic heterocycles. The van der Waals surface area contributed by atoms with Gasteiger partial charge in [-0.2, -0.15) is 13.2 Å². The van der Waals surface area contributed by atoms with Gasteiger partial charge in [-0.15, -0.1) is 11.3 Å². The van der Waals surface area contributed by atoms with Crippen LogP contribution in [0.3, 0.4) is 0 Å². The zero-order valence-electron chi connectivity index (χ0n) is 13.8. The van der Waals surface area contributed by atoms with E-state index in [0.717, 1.165) is 12.1 Å². The van der Waals surface area contributed by atoms with Crippen LogP contribution in [-0.4, -0.2) is 28.5 Å². The van der Waals surface area contributed by atoms with Crippen LogP contribution < -0.4 is 5.32 Å². The summed E-state index contributed by atoms with van der Waals surface area (Å²) in [6.45, 7) is 2.08. The number of amides is 1. The Bertz CT molecular complexity index is 772. The van der Waals surface area contributed by atoms with Crippen molar-refractivity contribution in [2.45, 2.75) is 31.9 Å². The lowest BCUT2D eigenvalue weighted by Crippen LogP contribution is -2.26. The minimum atomic E-state index is -4.38. The van der Waals surface area contributed by atoms with Crippen molar-refractivity contribution in [3.63, 3.8) is 0 Å². The minimum Gasteiger partial charge on any atom is -0.476 e. The SMILES string of the molecule is CC(CC(=O)NCCc1nc(C(=O)O)cs1)c1ccc(C(F)(F)F)cc1. The van der Waals surface area contributed by atoms with E-state index in [1.807, 2.05) is 0 Å². The molecular weight excluding hydrogens is 369 g/mol. The van der Waals surface area contributed by atoms with Gasteiger partial charge in [0.15, 0.2) is 5.69 Å². The number of nitrogens with one attached hydrogen (secondary N) is 1. The molecule has 5 nitrogen and oxygen atoms in total. The lowest BCUT2D eigenvalue weighted by atomic mass is 9.96. The number of carboxylic acids is 1. The topological polar surface area (TPSA) is 79.3 Å². The average Bonchev–Trinajstić information content (AvgIpc) is 3.03. The highest BCUT2D eigenvalue weighted by Crippen LogP contribution is 2.30. The number of hydrogen-bond donors (Lipinski definition) is 2. The molecule has 1 atom stereocenters. The van der Waals surface area contributed by atoms with Gasteiger partial charge in [0.05, 0.1) is 10.6 Å². The van der Waals surface area contributed by atoms with E-state index in [1.54, 1.807) is 6.92 Å². The van der Waals surface area contributed by atoms with Crippen molar-refractivity contribution < 1.29 is 27.9 Å². The predicted octanol–water partition coefficient (Wildman–Crippen LogP) is 3.71. The summed E-state index contributed by atoms with van der Waals surface area (Å²) in [7, 11) is 0. The van der Waals surface area contributed by atoms with E-state index in [0.29, 0.717) is 23.5 Å². The van der Waals surface area contributed by atoms with Crippen molar-refractivity contribution in [1.29, 1.82) is 0 Å². The molecule has 1 aromatic carbocycles. The molecule has 1 amide bonds. The molecule has 2 aromatic rings. The number of rotatable bonds is 7. The largest absolute Gasteiger partial charge is 0.476 e. The van der Waals surface area contributed by atoms with Crippen LogP contribution in [0.15, 0.2) is 29.6 Å². The molecule has 26 heavy (non-hydrogen) atoms. The Morgan fingerprint density at radius 2 is 1.92 bits per heavy atom. The summed E-state index contributed by atoms with van der Waals surface area (Å²) >= 11 is 1.21. The molecule has 0 aliphatic rings. The maximum absolute atomic E-state index is 12.6. The van der Waals surface area contributed by atoms with E-state index in [9.17, 15) is 22.8 Å². The van der Waals surface area contributed by atoms with E-state index >= 15 is 0 Å². The number of hydrogen-bond acceptors (Lipinski definition) is 4. The molecule has 0 bridgehead atoms. The standard InChI is InChI=1S/C17H17F3N2O3S/c1-10(11-2-4-12(5-3-11)17(18,19)20)8-14(23)21-7-6-15-22-13(9-26-15)16(24)25/h2-5,9-10H,6-8H2,1H3,(H,21,23)(H,24,25). The minimum absolute atomic E-state index is 0.0211. The summed E-state index contributed by atoms with van der Waals surface area (Å²) < 4.78 is 37.7. The third-order valence-electron chi connectivity index (χ3n) is 3.73. The number of nitrogens with zero attached hydrogens (tertiary/aromatic N) is 1. The first-order chi connectivity index (χ1) is 12.2. The van der Waals surface area contributed by atoms with Crippen LogP contribution in [0.5, 0.6) is 0 Å². The molecule has 1 unspecified atom stereocenters. The van der Waals surface area contributed by atoms with Crippen LogP contribution >= 0.6 is 11.3 Å². The first kappa shape index (κ1) is 19.9. The number of alkyl halides is 3. The van der Waals surface area contributed by atoms with E-state index in [4.69, 9.17) is 5.11 Å². The average molecular weight is 386 g/mol. The number of halogens is 3. The van der Waals surface area contributed by atoms with Gasteiger partial charge < -0.3 is 10.4 Å². The number of aromatic carboxylic acids is 1. The molecule has 1 heterocycles. The lowest BCUT2D eigenvalue weighted by molar-refractivity contribution is -0.137. The van der Waals surface area contributed by atoms with Crippen molar-refractivity contribution in [3.8, 4) is 0 Å². The molecule has 140 valence electrons. The number of carbonyl (C=O) groups is 2. The third kappa shape index (κ3) is 5.55. The summed E-state index contributed by atoms with van der Waals surface area (Å²) in [5.74, 6) is -1.55. The second-order valence-electron chi connectivity index (χ2n) is 5.76. The molecule has 0 saturated heterocycles. The highest BCUT2D eigenvalue weighted by atomic mass is 32.1.